The molecule has 0 saturated heterocycles. The second-order valence-corrected chi connectivity index (χ2v) is 4.60. The van der Waals surface area contributed by atoms with Crippen LogP contribution < -0.4 is 0 Å². The van der Waals surface area contributed by atoms with Gasteiger partial charge in [-0.25, -0.2) is 0 Å². The fraction of sp³-hybridized carbons (Fsp3) is 0.929. The van der Waals surface area contributed by atoms with Crippen molar-refractivity contribution >= 4 is 35.5 Å². The third-order valence-electron chi connectivity index (χ3n) is 2.86. The molecule has 1 N–H and O–H groups in total. The van der Waals surface area contributed by atoms with Crippen molar-refractivity contribution < 1.29 is 14.6 Å². The van der Waals surface area contributed by atoms with Gasteiger partial charge in [-0.1, -0.05) is 51.4 Å². The van der Waals surface area contributed by atoms with Crippen LogP contribution in [0.1, 0.15) is 71.1 Å². The summed E-state index contributed by atoms with van der Waals surface area (Å²) in [6, 6.07) is 0. The number of carbonyl (C=O) groups excluding carboxylic acids is 1. The predicted molar refractivity (Wildman–Crippen MR) is 75.6 cm³/mol. The number of rotatable bonds is 12. The Morgan fingerprint density at radius 1 is 0.833 bits per heavy atom. The summed E-state index contributed by atoms with van der Waals surface area (Å²) in [7, 11) is 0. The van der Waals surface area contributed by atoms with E-state index in [1.165, 1.54) is 51.9 Å². The molecule has 1 radical (unpaired) electrons. The maximum atomic E-state index is 10.5. The maximum Gasteiger partial charge on any atom is 0.302 e. The van der Waals surface area contributed by atoms with Crippen LogP contribution in [0.3, 0.4) is 0 Å². The van der Waals surface area contributed by atoms with E-state index in [0.29, 0.717) is 13.2 Å². The van der Waals surface area contributed by atoms with Gasteiger partial charge < -0.3 is 9.84 Å². The molecule has 0 aromatic heterocycles. The molecule has 0 spiro atoms. The van der Waals surface area contributed by atoms with Crippen molar-refractivity contribution in [2.24, 2.45) is 0 Å². The SMILES string of the molecule is CC(=O)OCCCCCCCCCCCCO.[Na]. The molecule has 0 aliphatic heterocycles. The normalized spacial score (nSPS) is 9.89. The van der Waals surface area contributed by atoms with Crippen LogP contribution in [-0.4, -0.2) is 53.8 Å². The van der Waals surface area contributed by atoms with Crippen LogP contribution in [0.15, 0.2) is 0 Å². The number of unbranched alkanes of at least 4 members (excludes halogenated alkanes) is 9. The van der Waals surface area contributed by atoms with Gasteiger partial charge >= 0.3 is 5.97 Å². The Labute approximate surface area is 134 Å². The van der Waals surface area contributed by atoms with E-state index in [9.17, 15) is 4.79 Å². The molecule has 0 amide bonds. The quantitative estimate of drug-likeness (QED) is 0.336. The first-order chi connectivity index (χ1) is 8.27. The van der Waals surface area contributed by atoms with E-state index in [1.807, 2.05) is 0 Å². The minimum Gasteiger partial charge on any atom is -0.466 e. The van der Waals surface area contributed by atoms with E-state index in [0.717, 1.165) is 19.3 Å². The van der Waals surface area contributed by atoms with Gasteiger partial charge in [0.05, 0.1) is 6.61 Å². The van der Waals surface area contributed by atoms with Gasteiger partial charge in [0.15, 0.2) is 0 Å². The minimum absolute atomic E-state index is 0. The van der Waals surface area contributed by atoms with E-state index in [-0.39, 0.29) is 35.5 Å². The fourth-order valence-corrected chi connectivity index (χ4v) is 1.84. The summed E-state index contributed by atoms with van der Waals surface area (Å²) in [6.45, 7) is 2.37. The molecule has 4 heteroatoms. The van der Waals surface area contributed by atoms with Crippen LogP contribution >= 0.6 is 0 Å². The van der Waals surface area contributed by atoms with E-state index in [1.54, 1.807) is 0 Å². The van der Waals surface area contributed by atoms with Gasteiger partial charge in [0, 0.05) is 43.1 Å². The number of hydrogen-bond donors (Lipinski definition) is 1. The molecule has 0 bridgehead atoms. The molecule has 0 aromatic carbocycles. The first-order valence-corrected chi connectivity index (χ1v) is 7.01. The van der Waals surface area contributed by atoms with E-state index in [2.05, 4.69) is 0 Å². The van der Waals surface area contributed by atoms with Crippen molar-refractivity contribution in [1.29, 1.82) is 0 Å². The largest absolute Gasteiger partial charge is 0.466 e. The Bertz CT molecular complexity index is 174. The van der Waals surface area contributed by atoms with Gasteiger partial charge in [-0.15, -0.1) is 0 Å². The summed E-state index contributed by atoms with van der Waals surface area (Å²) < 4.78 is 4.87. The molecule has 0 unspecified atom stereocenters. The summed E-state index contributed by atoms with van der Waals surface area (Å²) in [5, 5.41) is 8.61. The van der Waals surface area contributed by atoms with E-state index in [4.69, 9.17) is 9.84 Å². The van der Waals surface area contributed by atoms with Crippen LogP contribution in [0.25, 0.3) is 0 Å². The smallest absolute Gasteiger partial charge is 0.302 e. The van der Waals surface area contributed by atoms with Gasteiger partial charge in [-0.2, -0.15) is 0 Å². The minimum atomic E-state index is -0.173. The molecule has 0 aromatic rings. The molecule has 0 aliphatic rings. The van der Waals surface area contributed by atoms with Crippen LogP contribution in [0.4, 0.5) is 0 Å². The van der Waals surface area contributed by atoms with Gasteiger partial charge in [-0.05, 0) is 12.8 Å². The molecule has 0 saturated carbocycles. The summed E-state index contributed by atoms with van der Waals surface area (Å²) in [5.74, 6) is -0.173. The van der Waals surface area contributed by atoms with Gasteiger partial charge in [0.1, 0.15) is 0 Å². The van der Waals surface area contributed by atoms with E-state index >= 15 is 0 Å². The zero-order valence-corrected chi connectivity index (χ0v) is 14.2. The Kier molecular flexibility index (Phi) is 20.1. The van der Waals surface area contributed by atoms with Gasteiger partial charge in [0.25, 0.3) is 0 Å². The van der Waals surface area contributed by atoms with Crippen molar-refractivity contribution in [2.75, 3.05) is 13.2 Å². The van der Waals surface area contributed by atoms with Crippen molar-refractivity contribution in [2.45, 2.75) is 71.1 Å². The van der Waals surface area contributed by atoms with Crippen LogP contribution in [0.5, 0.6) is 0 Å². The first kappa shape index (κ1) is 20.7. The topological polar surface area (TPSA) is 46.5 Å². The summed E-state index contributed by atoms with van der Waals surface area (Å²) in [4.78, 5) is 10.5. The number of aliphatic hydroxyl groups excluding tert-OH is 1. The number of hydrogen-bond acceptors (Lipinski definition) is 3. The Morgan fingerprint density at radius 3 is 1.61 bits per heavy atom. The monoisotopic (exact) mass is 267 g/mol. The maximum absolute atomic E-state index is 10.5. The third-order valence-corrected chi connectivity index (χ3v) is 2.86. The first-order valence-electron chi connectivity index (χ1n) is 7.01. The zero-order chi connectivity index (χ0) is 12.8. The summed E-state index contributed by atoms with van der Waals surface area (Å²) >= 11 is 0. The summed E-state index contributed by atoms with van der Waals surface area (Å²) in [5.41, 5.74) is 0. The van der Waals surface area contributed by atoms with Crippen molar-refractivity contribution in [3.05, 3.63) is 0 Å². The molecule has 0 atom stereocenters. The Balaban J connectivity index is 0. The molecule has 0 heterocycles. The van der Waals surface area contributed by atoms with Crippen molar-refractivity contribution in [3.63, 3.8) is 0 Å². The van der Waals surface area contributed by atoms with E-state index < -0.39 is 0 Å². The average Bonchev–Trinajstić information content (AvgIpc) is 2.30. The number of aliphatic hydroxyl groups is 1. The molecule has 18 heavy (non-hydrogen) atoms. The second kappa shape index (κ2) is 17.4. The standard InChI is InChI=1S/C14H28O3.Na/c1-14(16)17-13-11-9-7-5-3-2-4-6-8-10-12-15;/h15H,2-13H2,1H3;. The molecule has 3 nitrogen and oxygen atoms in total. The van der Waals surface area contributed by atoms with Crippen molar-refractivity contribution in [3.8, 4) is 0 Å². The van der Waals surface area contributed by atoms with Gasteiger partial charge in [-0.3, -0.25) is 4.79 Å². The predicted octanol–water partition coefficient (Wildman–Crippen LogP) is 3.06. The number of ether oxygens (including phenoxy) is 1. The van der Waals surface area contributed by atoms with Crippen LogP contribution in [0.2, 0.25) is 0 Å². The molecular formula is C14H28NaO3. The molecule has 0 rings (SSSR count). The Hall–Kier alpha value is 0.430. The molecule has 0 aliphatic carbocycles. The number of esters is 1. The zero-order valence-electron chi connectivity index (χ0n) is 12.2. The number of carbonyl (C=O) groups is 1. The molecule has 0 fully saturated rings. The van der Waals surface area contributed by atoms with Crippen LogP contribution in [-0.2, 0) is 9.53 Å². The molecule has 103 valence electrons. The average molecular weight is 267 g/mol. The summed E-state index contributed by atoms with van der Waals surface area (Å²) in [6.07, 6.45) is 12.0. The second-order valence-electron chi connectivity index (χ2n) is 4.60. The van der Waals surface area contributed by atoms with Gasteiger partial charge in [0.2, 0.25) is 0 Å². The Morgan fingerprint density at radius 2 is 1.22 bits per heavy atom. The third kappa shape index (κ3) is 18.8. The molecular weight excluding hydrogens is 239 g/mol. The van der Waals surface area contributed by atoms with Crippen LogP contribution in [0, 0.1) is 0 Å². The van der Waals surface area contributed by atoms with Crippen molar-refractivity contribution in [1.82, 2.24) is 0 Å². The fourth-order valence-electron chi connectivity index (χ4n) is 1.84.